The number of sulfonamides is 2. The molecule has 0 aromatic heterocycles. The van der Waals surface area contributed by atoms with E-state index in [1.807, 2.05) is 0 Å². The molecule has 0 atom stereocenters. The zero-order valence-corrected chi connectivity index (χ0v) is 24.1. The number of hydrogen-bond donors (Lipinski definition) is 2. The van der Waals surface area contributed by atoms with Gasteiger partial charge >= 0.3 is 0 Å². The molecule has 0 heterocycles. The Bertz CT molecular complexity index is 1360. The zero-order chi connectivity index (χ0) is 26.8. The van der Waals surface area contributed by atoms with E-state index in [0.29, 0.717) is 25.7 Å². The molecule has 0 amide bonds. The predicted octanol–water partition coefficient (Wildman–Crippen LogP) is 5.05. The van der Waals surface area contributed by atoms with Gasteiger partial charge in [0.1, 0.15) is 9.79 Å². The van der Waals surface area contributed by atoms with Crippen LogP contribution in [0.25, 0.3) is 0 Å². The van der Waals surface area contributed by atoms with E-state index in [0.717, 1.165) is 50.7 Å². The highest BCUT2D eigenvalue weighted by Crippen LogP contribution is 2.32. The average Bonchev–Trinajstić information content (AvgIpc) is 2.85. The summed E-state index contributed by atoms with van der Waals surface area (Å²) in [4.78, 5) is -1.35. The van der Waals surface area contributed by atoms with E-state index in [4.69, 9.17) is 23.2 Å². The van der Waals surface area contributed by atoms with Crippen molar-refractivity contribution in [3.63, 3.8) is 0 Å². The molecule has 13 heteroatoms. The van der Waals surface area contributed by atoms with E-state index in [2.05, 4.69) is 9.44 Å². The van der Waals surface area contributed by atoms with Crippen LogP contribution in [-0.2, 0) is 29.9 Å². The molecule has 0 bridgehead atoms. The van der Waals surface area contributed by atoms with Gasteiger partial charge in [0.25, 0.3) is 0 Å². The molecule has 0 radical (unpaired) electrons. The molecule has 2 fully saturated rings. The normalized spacial score (nSPS) is 18.6. The minimum Gasteiger partial charge on any atom is -0.219 e. The Hall–Kier alpha value is -1.21. The summed E-state index contributed by atoms with van der Waals surface area (Å²) in [6.45, 7) is 0. The maximum absolute atomic E-state index is 13.5. The summed E-state index contributed by atoms with van der Waals surface area (Å²) in [6, 6.07) is 6.34. The van der Waals surface area contributed by atoms with Crippen LogP contribution >= 0.6 is 23.2 Å². The van der Waals surface area contributed by atoms with Crippen LogP contribution in [0.2, 0.25) is 10.0 Å². The van der Waals surface area contributed by atoms with Gasteiger partial charge < -0.3 is 0 Å². The SMILES string of the molecule is O=S(=O)(NC1CCCCC1)c1cc(S(=O)(=O)c2ccc(Cl)c(S(=O)(=O)NC3CCCCC3)c2)ccc1Cl. The Morgan fingerprint density at radius 1 is 0.568 bits per heavy atom. The van der Waals surface area contributed by atoms with Gasteiger partial charge in [-0.25, -0.2) is 34.7 Å². The number of hydrogen-bond acceptors (Lipinski definition) is 6. The first kappa shape index (κ1) is 28.8. The van der Waals surface area contributed by atoms with Crippen LogP contribution in [-0.4, -0.2) is 37.3 Å². The second-order valence-electron chi connectivity index (χ2n) is 9.60. The minimum atomic E-state index is -4.31. The predicted molar refractivity (Wildman–Crippen MR) is 143 cm³/mol. The molecule has 8 nitrogen and oxygen atoms in total. The summed E-state index contributed by atoms with van der Waals surface area (Å²) in [5.41, 5.74) is 0. The van der Waals surface area contributed by atoms with Crippen molar-refractivity contribution in [2.45, 2.75) is 95.9 Å². The fourth-order valence-electron chi connectivity index (χ4n) is 4.86. The molecular weight excluding hydrogens is 579 g/mol. The summed E-state index contributed by atoms with van der Waals surface area (Å²) in [6.07, 6.45) is 8.53. The standard InChI is InChI=1S/C24H30Cl2N2O6S3/c25-21-13-11-19(15-23(21)36(31,32)27-17-7-3-1-4-8-17)35(29,30)20-12-14-22(26)24(16-20)37(33,34)28-18-9-5-2-6-10-18/h11-18,27-28H,1-10H2. The second-order valence-corrected chi connectivity index (χ2v) is 15.7. The molecule has 2 aromatic rings. The lowest BCUT2D eigenvalue weighted by Crippen LogP contribution is -2.36. The highest BCUT2D eigenvalue weighted by Gasteiger charge is 2.29. The lowest BCUT2D eigenvalue weighted by Gasteiger charge is -2.23. The van der Waals surface area contributed by atoms with E-state index >= 15 is 0 Å². The lowest BCUT2D eigenvalue weighted by molar-refractivity contribution is 0.412. The van der Waals surface area contributed by atoms with E-state index in [1.54, 1.807) is 0 Å². The largest absolute Gasteiger partial charge is 0.242 e. The van der Waals surface area contributed by atoms with Gasteiger partial charge in [-0.3, -0.25) is 0 Å². The molecule has 2 saturated carbocycles. The van der Waals surface area contributed by atoms with Crippen molar-refractivity contribution < 1.29 is 25.3 Å². The van der Waals surface area contributed by atoms with Crippen molar-refractivity contribution in [2.75, 3.05) is 0 Å². The smallest absolute Gasteiger partial charge is 0.219 e. The maximum atomic E-state index is 13.5. The number of sulfone groups is 1. The third kappa shape index (κ3) is 6.69. The van der Waals surface area contributed by atoms with Crippen LogP contribution in [0.1, 0.15) is 64.2 Å². The first-order chi connectivity index (χ1) is 17.4. The summed E-state index contributed by atoms with van der Waals surface area (Å²) < 4.78 is 84.5. The van der Waals surface area contributed by atoms with Gasteiger partial charge in [-0.05, 0) is 62.1 Å². The maximum Gasteiger partial charge on any atom is 0.242 e. The van der Waals surface area contributed by atoms with Crippen LogP contribution in [0.5, 0.6) is 0 Å². The van der Waals surface area contributed by atoms with Gasteiger partial charge in [0, 0.05) is 12.1 Å². The monoisotopic (exact) mass is 608 g/mol. The molecule has 37 heavy (non-hydrogen) atoms. The Labute approximate surface area is 229 Å². The quantitative estimate of drug-likeness (QED) is 0.432. The van der Waals surface area contributed by atoms with Gasteiger partial charge in [0.05, 0.1) is 19.8 Å². The first-order valence-electron chi connectivity index (χ1n) is 12.3. The fourth-order valence-corrected chi connectivity index (χ4v) is 9.98. The van der Waals surface area contributed by atoms with Crippen molar-refractivity contribution in [1.82, 2.24) is 9.44 Å². The van der Waals surface area contributed by atoms with Gasteiger partial charge in [0.15, 0.2) is 0 Å². The minimum absolute atomic E-state index is 0.113. The Balaban J connectivity index is 1.66. The molecule has 4 rings (SSSR count). The molecule has 0 aliphatic heterocycles. The second kappa shape index (κ2) is 11.5. The van der Waals surface area contributed by atoms with Crippen LogP contribution in [0.15, 0.2) is 56.0 Å². The van der Waals surface area contributed by atoms with E-state index < -0.39 is 29.9 Å². The Morgan fingerprint density at radius 2 is 0.919 bits per heavy atom. The summed E-state index contributed by atoms with van der Waals surface area (Å²) in [7, 11) is -12.5. The number of benzene rings is 2. The summed E-state index contributed by atoms with van der Waals surface area (Å²) >= 11 is 12.3. The highest BCUT2D eigenvalue weighted by molar-refractivity contribution is 7.92. The van der Waals surface area contributed by atoms with Crippen LogP contribution in [0.3, 0.4) is 0 Å². The van der Waals surface area contributed by atoms with Gasteiger partial charge in [-0.1, -0.05) is 61.7 Å². The molecule has 0 spiro atoms. The highest BCUT2D eigenvalue weighted by atomic mass is 35.5. The number of nitrogens with one attached hydrogen (secondary N) is 2. The average molecular weight is 610 g/mol. The first-order valence-corrected chi connectivity index (χ1v) is 17.5. The summed E-state index contributed by atoms with van der Waals surface area (Å²) in [5, 5.41) is -0.225. The number of halogens is 2. The Kier molecular flexibility index (Phi) is 8.94. The van der Waals surface area contributed by atoms with Crippen LogP contribution < -0.4 is 9.44 Å². The molecule has 204 valence electrons. The Morgan fingerprint density at radius 3 is 1.27 bits per heavy atom. The zero-order valence-electron chi connectivity index (χ0n) is 20.1. The topological polar surface area (TPSA) is 126 Å². The third-order valence-corrected chi connectivity index (χ3v) is 12.6. The van der Waals surface area contributed by atoms with Crippen molar-refractivity contribution >= 4 is 53.1 Å². The van der Waals surface area contributed by atoms with E-state index in [-0.39, 0.29) is 41.7 Å². The van der Waals surface area contributed by atoms with Crippen LogP contribution in [0, 0.1) is 0 Å². The molecule has 0 saturated heterocycles. The lowest BCUT2D eigenvalue weighted by atomic mass is 9.96. The van der Waals surface area contributed by atoms with Crippen molar-refractivity contribution in [2.24, 2.45) is 0 Å². The van der Waals surface area contributed by atoms with Crippen molar-refractivity contribution in [3.8, 4) is 0 Å². The van der Waals surface area contributed by atoms with Crippen LogP contribution in [0.4, 0.5) is 0 Å². The van der Waals surface area contributed by atoms with E-state index in [1.165, 1.54) is 24.3 Å². The fraction of sp³-hybridized carbons (Fsp3) is 0.500. The van der Waals surface area contributed by atoms with Crippen molar-refractivity contribution in [3.05, 3.63) is 46.4 Å². The molecule has 2 aliphatic rings. The molecule has 2 aliphatic carbocycles. The molecule has 0 unspecified atom stereocenters. The van der Waals surface area contributed by atoms with Crippen molar-refractivity contribution in [1.29, 1.82) is 0 Å². The van der Waals surface area contributed by atoms with Gasteiger partial charge in [-0.15, -0.1) is 0 Å². The molecular formula is C24H30Cl2N2O6S3. The van der Waals surface area contributed by atoms with Gasteiger partial charge in [-0.2, -0.15) is 0 Å². The molecule has 2 N–H and O–H groups in total. The number of rotatable bonds is 8. The molecule has 2 aromatic carbocycles. The summed E-state index contributed by atoms with van der Waals surface area (Å²) in [5.74, 6) is 0. The van der Waals surface area contributed by atoms with E-state index in [9.17, 15) is 25.3 Å². The third-order valence-electron chi connectivity index (χ3n) is 6.86. The van der Waals surface area contributed by atoms with Gasteiger partial charge in [0.2, 0.25) is 29.9 Å².